The van der Waals surface area contributed by atoms with E-state index in [1.165, 1.54) is 19.1 Å². The molecule has 0 saturated heterocycles. The van der Waals surface area contributed by atoms with E-state index in [1.54, 1.807) is 0 Å². The number of H-pyrrole nitrogens is 1. The van der Waals surface area contributed by atoms with E-state index in [0.717, 1.165) is 6.07 Å². The summed E-state index contributed by atoms with van der Waals surface area (Å²) in [5.41, 5.74) is -0.299. The van der Waals surface area contributed by atoms with E-state index < -0.39 is 17.0 Å². The number of aromatic nitrogens is 2. The molecule has 3 nitrogen and oxygen atoms in total. The van der Waals surface area contributed by atoms with Crippen molar-refractivity contribution in [2.24, 2.45) is 0 Å². The van der Waals surface area contributed by atoms with Gasteiger partial charge in [0.1, 0.15) is 5.82 Å². The molecule has 0 unspecified atom stereocenters. The van der Waals surface area contributed by atoms with E-state index in [-0.39, 0.29) is 22.4 Å². The van der Waals surface area contributed by atoms with Crippen molar-refractivity contribution in [1.29, 1.82) is 0 Å². The highest BCUT2D eigenvalue weighted by atomic mass is 19.2. The molecule has 0 aliphatic rings. The van der Waals surface area contributed by atoms with Gasteiger partial charge in [0.15, 0.2) is 11.6 Å². The Hall–Kier alpha value is -2.04. The first kappa shape index (κ1) is 14.4. The van der Waals surface area contributed by atoms with Crippen molar-refractivity contribution in [2.75, 3.05) is 0 Å². The minimum atomic E-state index is -0.992. The van der Waals surface area contributed by atoms with Gasteiger partial charge in [0, 0.05) is 16.5 Å². The lowest BCUT2D eigenvalue weighted by atomic mass is 9.95. The van der Waals surface area contributed by atoms with Crippen LogP contribution in [0.5, 0.6) is 0 Å². The topological polar surface area (TPSA) is 45.8 Å². The van der Waals surface area contributed by atoms with Gasteiger partial charge in [0.05, 0.1) is 5.69 Å². The van der Waals surface area contributed by atoms with Gasteiger partial charge < -0.3 is 4.98 Å². The Morgan fingerprint density at radius 1 is 1.20 bits per heavy atom. The lowest BCUT2D eigenvalue weighted by Crippen LogP contribution is -2.24. The molecular weight excluding hydrogens is 262 g/mol. The predicted octanol–water partition coefficient (Wildman–Crippen LogP) is 3.32. The molecule has 0 radical (unpaired) electrons. The lowest BCUT2D eigenvalue weighted by Gasteiger charge is -2.19. The molecule has 0 amide bonds. The minimum Gasteiger partial charge on any atom is -0.310 e. The van der Waals surface area contributed by atoms with Crippen LogP contribution in [0.3, 0.4) is 0 Å². The standard InChI is InChI=1S/C15H16F2N2O/c1-8-12(9-6-5-7-10(16)11(9)17)18-14(15(2,3)4)19-13(8)20/h5-7H,1-4H3,(H,18,19,20). The SMILES string of the molecule is Cc1c(-c2cccc(F)c2F)nc(C(C)(C)C)[nH]c1=O. The second-order valence-corrected chi connectivity index (χ2v) is 5.74. The first-order valence-electron chi connectivity index (χ1n) is 6.27. The molecule has 5 heteroatoms. The maximum Gasteiger partial charge on any atom is 0.254 e. The van der Waals surface area contributed by atoms with E-state index >= 15 is 0 Å². The summed E-state index contributed by atoms with van der Waals surface area (Å²) in [6.45, 7) is 7.18. The van der Waals surface area contributed by atoms with Crippen LogP contribution in [0.25, 0.3) is 11.3 Å². The molecule has 0 aliphatic heterocycles. The van der Waals surface area contributed by atoms with Crippen LogP contribution in [-0.4, -0.2) is 9.97 Å². The largest absolute Gasteiger partial charge is 0.310 e. The fraction of sp³-hybridized carbons (Fsp3) is 0.333. The zero-order valence-electron chi connectivity index (χ0n) is 11.8. The van der Waals surface area contributed by atoms with E-state index in [2.05, 4.69) is 9.97 Å². The van der Waals surface area contributed by atoms with Gasteiger partial charge in [-0.3, -0.25) is 4.79 Å². The quantitative estimate of drug-likeness (QED) is 0.869. The molecule has 0 saturated carbocycles. The summed E-state index contributed by atoms with van der Waals surface area (Å²) in [5, 5.41) is 0. The van der Waals surface area contributed by atoms with Gasteiger partial charge >= 0.3 is 0 Å². The molecule has 0 fully saturated rings. The summed E-state index contributed by atoms with van der Waals surface area (Å²) >= 11 is 0. The van der Waals surface area contributed by atoms with E-state index in [4.69, 9.17) is 0 Å². The number of halogens is 2. The van der Waals surface area contributed by atoms with Gasteiger partial charge in [0.2, 0.25) is 0 Å². The Labute approximate surface area is 115 Å². The normalized spacial score (nSPS) is 11.7. The van der Waals surface area contributed by atoms with Crippen LogP contribution in [0.4, 0.5) is 8.78 Å². The summed E-state index contributed by atoms with van der Waals surface area (Å²) in [7, 11) is 0. The van der Waals surface area contributed by atoms with E-state index in [0.29, 0.717) is 5.82 Å². The third kappa shape index (κ3) is 2.48. The van der Waals surface area contributed by atoms with Crippen molar-refractivity contribution in [3.05, 3.63) is 51.6 Å². The number of hydrogen-bond donors (Lipinski definition) is 1. The Kier molecular flexibility index (Phi) is 3.46. The molecule has 2 aromatic rings. The second kappa shape index (κ2) is 4.81. The number of nitrogens with one attached hydrogen (secondary N) is 1. The van der Waals surface area contributed by atoms with Crippen LogP contribution >= 0.6 is 0 Å². The molecule has 0 aliphatic carbocycles. The highest BCUT2D eigenvalue weighted by Crippen LogP contribution is 2.26. The molecule has 0 spiro atoms. The van der Waals surface area contributed by atoms with Gasteiger partial charge in [0.25, 0.3) is 5.56 Å². The van der Waals surface area contributed by atoms with Gasteiger partial charge in [-0.05, 0) is 19.1 Å². The Morgan fingerprint density at radius 3 is 2.45 bits per heavy atom. The summed E-state index contributed by atoms with van der Waals surface area (Å²) < 4.78 is 27.2. The van der Waals surface area contributed by atoms with Crippen molar-refractivity contribution in [3.63, 3.8) is 0 Å². The number of aromatic amines is 1. The molecule has 1 aromatic heterocycles. The Morgan fingerprint density at radius 2 is 1.85 bits per heavy atom. The van der Waals surface area contributed by atoms with Crippen molar-refractivity contribution in [3.8, 4) is 11.3 Å². The average Bonchev–Trinajstić information content (AvgIpc) is 2.35. The highest BCUT2D eigenvalue weighted by Gasteiger charge is 2.21. The van der Waals surface area contributed by atoms with Crippen molar-refractivity contribution in [2.45, 2.75) is 33.1 Å². The lowest BCUT2D eigenvalue weighted by molar-refractivity contribution is 0.510. The summed E-state index contributed by atoms with van der Waals surface area (Å²) in [4.78, 5) is 19.0. The zero-order valence-corrected chi connectivity index (χ0v) is 11.8. The van der Waals surface area contributed by atoms with Crippen molar-refractivity contribution < 1.29 is 8.78 Å². The van der Waals surface area contributed by atoms with Gasteiger partial charge in [-0.1, -0.05) is 26.8 Å². The van der Waals surface area contributed by atoms with Gasteiger partial charge in [-0.25, -0.2) is 13.8 Å². The predicted molar refractivity (Wildman–Crippen MR) is 73.6 cm³/mol. The molecule has 106 valence electrons. The van der Waals surface area contributed by atoms with Crippen molar-refractivity contribution >= 4 is 0 Å². The first-order chi connectivity index (χ1) is 9.21. The molecule has 1 aromatic carbocycles. The molecule has 20 heavy (non-hydrogen) atoms. The molecule has 0 bridgehead atoms. The smallest absolute Gasteiger partial charge is 0.254 e. The summed E-state index contributed by atoms with van der Waals surface area (Å²) in [5.74, 6) is -1.51. The molecule has 0 atom stereocenters. The van der Waals surface area contributed by atoms with Crippen LogP contribution in [0.15, 0.2) is 23.0 Å². The first-order valence-corrected chi connectivity index (χ1v) is 6.27. The third-order valence-corrected chi connectivity index (χ3v) is 3.07. The molecular formula is C15H16F2N2O. The Bertz CT molecular complexity index is 715. The number of hydrogen-bond acceptors (Lipinski definition) is 2. The Balaban J connectivity index is 2.77. The average molecular weight is 278 g/mol. The maximum absolute atomic E-state index is 13.9. The monoisotopic (exact) mass is 278 g/mol. The molecule has 2 rings (SSSR count). The van der Waals surface area contributed by atoms with Crippen molar-refractivity contribution in [1.82, 2.24) is 9.97 Å². The number of rotatable bonds is 1. The maximum atomic E-state index is 13.9. The second-order valence-electron chi connectivity index (χ2n) is 5.74. The van der Waals surface area contributed by atoms with Crippen LogP contribution in [0.1, 0.15) is 32.2 Å². The van der Waals surface area contributed by atoms with Gasteiger partial charge in [-0.2, -0.15) is 0 Å². The number of nitrogens with zero attached hydrogens (tertiary/aromatic N) is 1. The van der Waals surface area contributed by atoms with E-state index in [1.807, 2.05) is 20.8 Å². The zero-order chi connectivity index (χ0) is 15.1. The fourth-order valence-corrected chi connectivity index (χ4v) is 1.84. The molecule has 1 heterocycles. The molecule has 1 N–H and O–H groups in total. The van der Waals surface area contributed by atoms with Crippen LogP contribution < -0.4 is 5.56 Å². The number of benzene rings is 1. The van der Waals surface area contributed by atoms with E-state index in [9.17, 15) is 13.6 Å². The van der Waals surface area contributed by atoms with Gasteiger partial charge in [-0.15, -0.1) is 0 Å². The minimum absolute atomic E-state index is 0.000833. The fourth-order valence-electron chi connectivity index (χ4n) is 1.84. The van der Waals surface area contributed by atoms with Crippen LogP contribution in [0.2, 0.25) is 0 Å². The summed E-state index contributed by atoms with van der Waals surface area (Å²) in [6.07, 6.45) is 0. The highest BCUT2D eigenvalue weighted by molar-refractivity contribution is 5.63. The third-order valence-electron chi connectivity index (χ3n) is 3.07. The summed E-state index contributed by atoms with van der Waals surface area (Å²) in [6, 6.07) is 3.85. The van der Waals surface area contributed by atoms with Crippen LogP contribution in [0, 0.1) is 18.6 Å². The van der Waals surface area contributed by atoms with Crippen LogP contribution in [-0.2, 0) is 5.41 Å².